The molecule has 7 heteroatoms. The van der Waals surface area contributed by atoms with Gasteiger partial charge in [0.2, 0.25) is 5.91 Å². The maximum atomic E-state index is 12.5. The number of hydrogen-bond acceptors (Lipinski definition) is 6. The molecule has 0 saturated carbocycles. The smallest absolute Gasteiger partial charge is 0.226 e. The molecule has 3 aromatic rings. The standard InChI is InChI=1S/C23H23N5O2/c29-23(19-11-18-3-1-2-4-21(18)30-15-19)25-12-16-13-28(14-16)22-6-5-20(26-27-22)17-7-9-24-10-8-17/h1-10,16,19H,11-15H2,(H,25,29). The van der Waals surface area contributed by atoms with Crippen molar-refractivity contribution in [3.63, 3.8) is 0 Å². The number of pyridine rings is 1. The molecule has 0 spiro atoms. The third kappa shape index (κ3) is 3.83. The van der Waals surface area contributed by atoms with Crippen LogP contribution in [0, 0.1) is 11.8 Å². The lowest BCUT2D eigenvalue weighted by Crippen LogP contribution is -2.52. The van der Waals surface area contributed by atoms with Gasteiger partial charge in [-0.3, -0.25) is 9.78 Å². The quantitative estimate of drug-likeness (QED) is 0.707. The molecule has 2 aromatic heterocycles. The Kier molecular flexibility index (Phi) is 5.01. The predicted molar refractivity (Wildman–Crippen MR) is 113 cm³/mol. The molecule has 30 heavy (non-hydrogen) atoms. The number of aromatic nitrogens is 3. The summed E-state index contributed by atoms with van der Waals surface area (Å²) in [5.41, 5.74) is 2.94. The first-order chi connectivity index (χ1) is 14.8. The Bertz CT molecular complexity index is 1020. The van der Waals surface area contributed by atoms with Gasteiger partial charge >= 0.3 is 0 Å². The van der Waals surface area contributed by atoms with Crippen molar-refractivity contribution >= 4 is 11.7 Å². The fourth-order valence-corrected chi connectivity index (χ4v) is 3.94. The summed E-state index contributed by atoms with van der Waals surface area (Å²) < 4.78 is 5.73. The highest BCUT2D eigenvalue weighted by Crippen LogP contribution is 2.27. The first-order valence-corrected chi connectivity index (χ1v) is 10.2. The molecule has 1 amide bonds. The molecule has 1 unspecified atom stereocenters. The van der Waals surface area contributed by atoms with Crippen molar-refractivity contribution in [1.29, 1.82) is 0 Å². The molecular weight excluding hydrogens is 378 g/mol. The van der Waals surface area contributed by atoms with Crippen LogP contribution in [0.4, 0.5) is 5.82 Å². The highest BCUT2D eigenvalue weighted by molar-refractivity contribution is 5.79. The number of benzene rings is 1. The molecule has 0 aliphatic carbocycles. The molecule has 1 aromatic carbocycles. The lowest BCUT2D eigenvalue weighted by molar-refractivity contribution is -0.126. The number of rotatable bonds is 5. The van der Waals surface area contributed by atoms with Crippen LogP contribution in [-0.4, -0.2) is 47.3 Å². The first-order valence-electron chi connectivity index (χ1n) is 10.2. The number of carbonyl (C=O) groups excluding carboxylic acids is 1. The number of anilines is 1. The van der Waals surface area contributed by atoms with Gasteiger partial charge in [0.1, 0.15) is 12.4 Å². The predicted octanol–water partition coefficient (Wildman–Crippen LogP) is 2.34. The lowest BCUT2D eigenvalue weighted by atomic mass is 9.95. The number of carbonyl (C=O) groups is 1. The van der Waals surface area contributed by atoms with Crippen LogP contribution >= 0.6 is 0 Å². The van der Waals surface area contributed by atoms with Crippen molar-refractivity contribution < 1.29 is 9.53 Å². The van der Waals surface area contributed by atoms with Gasteiger partial charge in [-0.2, -0.15) is 0 Å². The van der Waals surface area contributed by atoms with Crippen LogP contribution in [0.5, 0.6) is 5.75 Å². The van der Waals surface area contributed by atoms with E-state index in [-0.39, 0.29) is 11.8 Å². The third-order valence-electron chi connectivity index (χ3n) is 5.72. The minimum atomic E-state index is -0.123. The van der Waals surface area contributed by atoms with Gasteiger partial charge in [0, 0.05) is 43.5 Å². The summed E-state index contributed by atoms with van der Waals surface area (Å²) in [5, 5.41) is 11.8. The van der Waals surface area contributed by atoms with E-state index in [9.17, 15) is 4.79 Å². The van der Waals surface area contributed by atoms with Crippen LogP contribution < -0.4 is 15.0 Å². The van der Waals surface area contributed by atoms with Crippen LogP contribution in [0.2, 0.25) is 0 Å². The molecule has 1 fully saturated rings. The monoisotopic (exact) mass is 401 g/mol. The first kappa shape index (κ1) is 18.5. The summed E-state index contributed by atoms with van der Waals surface area (Å²) in [4.78, 5) is 18.7. The van der Waals surface area contributed by atoms with Gasteiger partial charge in [0.25, 0.3) is 0 Å². The summed E-state index contributed by atoms with van der Waals surface area (Å²) in [6, 6.07) is 15.7. The van der Waals surface area contributed by atoms with Crippen molar-refractivity contribution in [2.24, 2.45) is 11.8 Å². The lowest BCUT2D eigenvalue weighted by Gasteiger charge is -2.40. The number of nitrogens with zero attached hydrogens (tertiary/aromatic N) is 4. The van der Waals surface area contributed by atoms with E-state index in [0.29, 0.717) is 19.1 Å². The van der Waals surface area contributed by atoms with E-state index >= 15 is 0 Å². The third-order valence-corrected chi connectivity index (χ3v) is 5.72. The minimum absolute atomic E-state index is 0.0736. The Morgan fingerprint density at radius 3 is 2.70 bits per heavy atom. The van der Waals surface area contributed by atoms with Crippen LogP contribution in [0.15, 0.2) is 60.9 Å². The Balaban J connectivity index is 1.09. The largest absolute Gasteiger partial charge is 0.492 e. The van der Waals surface area contributed by atoms with Crippen molar-refractivity contribution in [2.75, 3.05) is 31.1 Å². The van der Waals surface area contributed by atoms with Crippen molar-refractivity contribution in [3.8, 4) is 17.0 Å². The molecule has 5 rings (SSSR count). The molecule has 2 aliphatic rings. The van der Waals surface area contributed by atoms with E-state index in [4.69, 9.17) is 4.74 Å². The molecule has 1 atom stereocenters. The molecular formula is C23H23N5O2. The van der Waals surface area contributed by atoms with Gasteiger partial charge in [-0.25, -0.2) is 0 Å². The number of ether oxygens (including phenoxy) is 1. The van der Waals surface area contributed by atoms with Gasteiger partial charge in [0.15, 0.2) is 5.82 Å². The Hall–Kier alpha value is -3.48. The second kappa shape index (κ2) is 8.10. The zero-order valence-electron chi connectivity index (χ0n) is 16.6. The molecule has 152 valence electrons. The molecule has 1 saturated heterocycles. The maximum absolute atomic E-state index is 12.5. The number of hydrogen-bond donors (Lipinski definition) is 1. The van der Waals surface area contributed by atoms with E-state index in [0.717, 1.165) is 47.9 Å². The average Bonchev–Trinajstić information content (AvgIpc) is 2.78. The SMILES string of the molecule is O=C(NCC1CN(c2ccc(-c3ccncc3)nn2)C1)C1COc2ccccc2C1. The molecule has 7 nitrogen and oxygen atoms in total. The minimum Gasteiger partial charge on any atom is -0.492 e. The molecule has 0 radical (unpaired) electrons. The van der Waals surface area contributed by atoms with Crippen LogP contribution in [0.1, 0.15) is 5.56 Å². The number of fused-ring (bicyclic) bond motifs is 1. The Labute approximate surface area is 175 Å². The molecule has 4 heterocycles. The van der Waals surface area contributed by atoms with Gasteiger partial charge in [0.05, 0.1) is 11.6 Å². The van der Waals surface area contributed by atoms with Crippen LogP contribution in [0.25, 0.3) is 11.3 Å². The topological polar surface area (TPSA) is 80.2 Å². The Morgan fingerprint density at radius 2 is 1.90 bits per heavy atom. The normalized spacial score (nSPS) is 18.1. The maximum Gasteiger partial charge on any atom is 0.226 e. The highest BCUT2D eigenvalue weighted by Gasteiger charge is 2.30. The van der Waals surface area contributed by atoms with Crippen molar-refractivity contribution in [3.05, 3.63) is 66.5 Å². The van der Waals surface area contributed by atoms with E-state index in [1.165, 1.54) is 0 Å². The summed E-state index contributed by atoms with van der Waals surface area (Å²) in [6.07, 6.45) is 4.23. The van der Waals surface area contributed by atoms with Gasteiger partial charge in [-0.15, -0.1) is 10.2 Å². The zero-order chi connectivity index (χ0) is 20.3. The van der Waals surface area contributed by atoms with Crippen molar-refractivity contribution in [2.45, 2.75) is 6.42 Å². The number of amides is 1. The number of nitrogens with one attached hydrogen (secondary N) is 1. The van der Waals surface area contributed by atoms with Crippen molar-refractivity contribution in [1.82, 2.24) is 20.5 Å². The van der Waals surface area contributed by atoms with E-state index < -0.39 is 0 Å². The number of para-hydroxylation sites is 1. The van der Waals surface area contributed by atoms with E-state index in [1.54, 1.807) is 12.4 Å². The van der Waals surface area contributed by atoms with E-state index in [1.807, 2.05) is 48.5 Å². The summed E-state index contributed by atoms with van der Waals surface area (Å²) in [6.45, 7) is 2.86. The van der Waals surface area contributed by atoms with Gasteiger partial charge in [-0.1, -0.05) is 18.2 Å². The summed E-state index contributed by atoms with van der Waals surface area (Å²) in [5.74, 6) is 2.14. The second-order valence-electron chi connectivity index (χ2n) is 7.85. The Morgan fingerprint density at radius 1 is 1.07 bits per heavy atom. The molecule has 2 aliphatic heterocycles. The van der Waals surface area contributed by atoms with Gasteiger partial charge < -0.3 is 15.0 Å². The van der Waals surface area contributed by atoms with Gasteiger partial charge in [-0.05, 0) is 42.3 Å². The zero-order valence-corrected chi connectivity index (χ0v) is 16.6. The van der Waals surface area contributed by atoms with Crippen LogP contribution in [-0.2, 0) is 11.2 Å². The highest BCUT2D eigenvalue weighted by atomic mass is 16.5. The second-order valence-corrected chi connectivity index (χ2v) is 7.85. The average molecular weight is 401 g/mol. The fourth-order valence-electron chi connectivity index (χ4n) is 3.94. The molecule has 1 N–H and O–H groups in total. The molecule has 0 bridgehead atoms. The fraction of sp³-hybridized carbons (Fsp3) is 0.304. The summed E-state index contributed by atoms with van der Waals surface area (Å²) in [7, 11) is 0. The van der Waals surface area contributed by atoms with Crippen LogP contribution in [0.3, 0.4) is 0 Å². The summed E-state index contributed by atoms with van der Waals surface area (Å²) >= 11 is 0. The van der Waals surface area contributed by atoms with E-state index in [2.05, 4.69) is 25.4 Å².